The number of halogens is 4. The van der Waals surface area contributed by atoms with E-state index in [9.17, 15) is 18.0 Å². The highest BCUT2D eigenvalue weighted by Crippen LogP contribution is 2.27. The van der Waals surface area contributed by atoms with Crippen LogP contribution in [0.1, 0.15) is 6.42 Å². The van der Waals surface area contributed by atoms with E-state index in [-0.39, 0.29) is 6.42 Å². The molecule has 0 aromatic heterocycles. The number of carbonyl (C=O) groups is 1. The van der Waals surface area contributed by atoms with Crippen LogP contribution in [0.4, 0.5) is 23.7 Å². The Balaban J connectivity index is 1.70. The standard InChI is InChI=1S/C18H21ClF3N5O2/c1-27-15(26-29-2)9-14(18(20,21)22)24-16(27)25-17(28)23-13-6-4-10-7-12(19)5-3-11(10)8-13/h3-8,14-16,24,26H,9H2,1-2H3,(H2,23,25,28). The lowest BCUT2D eigenvalue weighted by Gasteiger charge is -2.44. The summed E-state index contributed by atoms with van der Waals surface area (Å²) in [4.78, 5) is 18.7. The van der Waals surface area contributed by atoms with E-state index in [1.807, 2.05) is 6.07 Å². The van der Waals surface area contributed by atoms with Crippen LogP contribution in [0.3, 0.4) is 0 Å². The number of hydrogen-bond acceptors (Lipinski definition) is 5. The van der Waals surface area contributed by atoms with Crippen LogP contribution in [-0.2, 0) is 4.84 Å². The van der Waals surface area contributed by atoms with E-state index in [1.165, 1.54) is 12.0 Å². The zero-order valence-electron chi connectivity index (χ0n) is 15.7. The fourth-order valence-corrected chi connectivity index (χ4v) is 3.35. The van der Waals surface area contributed by atoms with Crippen LogP contribution in [0, 0.1) is 0 Å². The number of anilines is 1. The summed E-state index contributed by atoms with van der Waals surface area (Å²) in [7, 11) is 2.89. The summed E-state index contributed by atoms with van der Waals surface area (Å²) in [5, 5.41) is 9.91. The molecule has 0 bridgehead atoms. The maximum atomic E-state index is 13.2. The molecule has 29 heavy (non-hydrogen) atoms. The molecule has 0 radical (unpaired) electrons. The molecule has 3 rings (SSSR count). The summed E-state index contributed by atoms with van der Waals surface area (Å²) < 4.78 is 39.7. The Hall–Kier alpha value is -2.11. The third-order valence-electron chi connectivity index (χ3n) is 4.69. The van der Waals surface area contributed by atoms with Crippen LogP contribution in [0.2, 0.25) is 5.02 Å². The molecule has 2 aromatic rings. The van der Waals surface area contributed by atoms with Gasteiger partial charge in [-0.3, -0.25) is 10.2 Å². The number of hydroxylamine groups is 1. The van der Waals surface area contributed by atoms with Crippen LogP contribution in [0.15, 0.2) is 36.4 Å². The van der Waals surface area contributed by atoms with Gasteiger partial charge in [0, 0.05) is 17.1 Å². The highest BCUT2D eigenvalue weighted by atomic mass is 35.5. The van der Waals surface area contributed by atoms with E-state index in [1.54, 1.807) is 37.4 Å². The monoisotopic (exact) mass is 431 g/mol. The van der Waals surface area contributed by atoms with Gasteiger partial charge in [-0.25, -0.2) is 4.79 Å². The maximum Gasteiger partial charge on any atom is 0.404 e. The summed E-state index contributed by atoms with van der Waals surface area (Å²) in [6.07, 6.45) is -6.56. The minimum atomic E-state index is -4.47. The Morgan fingerprint density at radius 3 is 2.62 bits per heavy atom. The molecule has 3 unspecified atom stereocenters. The number of alkyl halides is 3. The second-order valence-corrected chi connectivity index (χ2v) is 7.14. The molecule has 0 spiro atoms. The molecule has 4 N–H and O–H groups in total. The molecule has 1 heterocycles. The van der Waals surface area contributed by atoms with E-state index >= 15 is 0 Å². The second kappa shape index (κ2) is 8.72. The Morgan fingerprint density at radius 2 is 1.93 bits per heavy atom. The Kier molecular flexibility index (Phi) is 6.49. The molecule has 0 saturated carbocycles. The number of fused-ring (bicyclic) bond motifs is 1. The molecular formula is C18H21ClF3N5O2. The first-order chi connectivity index (χ1) is 13.7. The maximum absolute atomic E-state index is 13.2. The van der Waals surface area contributed by atoms with Crippen molar-refractivity contribution in [2.24, 2.45) is 0 Å². The van der Waals surface area contributed by atoms with Gasteiger partial charge in [0.25, 0.3) is 0 Å². The number of nitrogens with one attached hydrogen (secondary N) is 4. The number of rotatable bonds is 4. The summed E-state index contributed by atoms with van der Waals surface area (Å²) in [5.41, 5.74) is 3.01. The summed E-state index contributed by atoms with van der Waals surface area (Å²) in [6.45, 7) is 0. The van der Waals surface area contributed by atoms with E-state index in [2.05, 4.69) is 21.4 Å². The van der Waals surface area contributed by atoms with Gasteiger partial charge in [-0.05, 0) is 42.1 Å². The highest BCUT2D eigenvalue weighted by molar-refractivity contribution is 6.31. The van der Waals surface area contributed by atoms with Gasteiger partial charge in [0.15, 0.2) is 0 Å². The Morgan fingerprint density at radius 1 is 1.24 bits per heavy atom. The number of benzene rings is 2. The van der Waals surface area contributed by atoms with Crippen molar-refractivity contribution in [2.75, 3.05) is 19.5 Å². The molecule has 3 atom stereocenters. The van der Waals surface area contributed by atoms with Gasteiger partial charge in [0.05, 0.1) is 13.3 Å². The predicted octanol–water partition coefficient (Wildman–Crippen LogP) is 3.23. The van der Waals surface area contributed by atoms with E-state index in [0.717, 1.165) is 10.8 Å². The zero-order chi connectivity index (χ0) is 21.2. The molecule has 158 valence electrons. The number of hydrogen-bond donors (Lipinski definition) is 4. The molecule has 1 fully saturated rings. The van der Waals surface area contributed by atoms with Gasteiger partial charge in [0.2, 0.25) is 0 Å². The van der Waals surface area contributed by atoms with Gasteiger partial charge in [-0.2, -0.15) is 18.7 Å². The largest absolute Gasteiger partial charge is 0.404 e. The van der Waals surface area contributed by atoms with Crippen molar-refractivity contribution in [3.05, 3.63) is 41.4 Å². The Labute approximate surface area is 170 Å². The zero-order valence-corrected chi connectivity index (χ0v) is 16.4. The van der Waals surface area contributed by atoms with Gasteiger partial charge in [-0.15, -0.1) is 0 Å². The fourth-order valence-electron chi connectivity index (χ4n) is 3.17. The lowest BCUT2D eigenvalue weighted by molar-refractivity contribution is -0.185. The summed E-state index contributed by atoms with van der Waals surface area (Å²) in [6, 6.07) is 8.10. The minimum absolute atomic E-state index is 0.277. The van der Waals surface area contributed by atoms with Crippen molar-refractivity contribution in [1.82, 2.24) is 21.0 Å². The number of nitrogens with zero attached hydrogens (tertiary/aromatic N) is 1. The van der Waals surface area contributed by atoms with Crippen molar-refractivity contribution in [1.29, 1.82) is 0 Å². The highest BCUT2D eigenvalue weighted by Gasteiger charge is 2.47. The molecule has 2 amide bonds. The van der Waals surface area contributed by atoms with Gasteiger partial charge < -0.3 is 15.5 Å². The average molecular weight is 432 g/mol. The first kappa shape index (κ1) is 21.6. The van der Waals surface area contributed by atoms with Gasteiger partial charge >= 0.3 is 12.2 Å². The molecule has 0 aliphatic carbocycles. The molecular weight excluding hydrogens is 411 g/mol. The van der Waals surface area contributed by atoms with E-state index in [4.69, 9.17) is 16.4 Å². The Bertz CT molecular complexity index is 882. The lowest BCUT2D eigenvalue weighted by atomic mass is 10.1. The van der Waals surface area contributed by atoms with Crippen molar-refractivity contribution in [2.45, 2.75) is 31.1 Å². The topological polar surface area (TPSA) is 77.7 Å². The van der Waals surface area contributed by atoms with Crippen LogP contribution in [0.5, 0.6) is 0 Å². The van der Waals surface area contributed by atoms with E-state index in [0.29, 0.717) is 10.7 Å². The second-order valence-electron chi connectivity index (χ2n) is 6.71. The molecule has 1 aliphatic rings. The normalized spacial score (nSPS) is 23.2. The molecule has 11 heteroatoms. The summed E-state index contributed by atoms with van der Waals surface area (Å²) in [5.74, 6) is 0. The van der Waals surface area contributed by atoms with Crippen LogP contribution >= 0.6 is 11.6 Å². The third kappa shape index (κ3) is 5.28. The average Bonchev–Trinajstić information content (AvgIpc) is 2.64. The molecule has 1 saturated heterocycles. The molecule has 7 nitrogen and oxygen atoms in total. The lowest BCUT2D eigenvalue weighted by Crippen LogP contribution is -2.70. The van der Waals surface area contributed by atoms with Crippen LogP contribution in [-0.4, -0.2) is 49.8 Å². The number of carbonyl (C=O) groups excluding carboxylic acids is 1. The summed E-state index contributed by atoms with van der Waals surface area (Å²) >= 11 is 5.96. The van der Waals surface area contributed by atoms with Crippen molar-refractivity contribution < 1.29 is 22.8 Å². The van der Waals surface area contributed by atoms with Gasteiger partial charge in [0.1, 0.15) is 12.3 Å². The SMILES string of the molecule is CONC1CC(C(F)(F)F)NC(NC(=O)Nc2ccc3cc(Cl)ccc3c2)N1C. The number of urea groups is 1. The molecule has 2 aromatic carbocycles. The fraction of sp³-hybridized carbons (Fsp3) is 0.389. The van der Waals surface area contributed by atoms with Crippen LogP contribution < -0.4 is 21.4 Å². The van der Waals surface area contributed by atoms with Crippen molar-refractivity contribution >= 4 is 34.1 Å². The predicted molar refractivity (Wildman–Crippen MR) is 104 cm³/mol. The quantitative estimate of drug-likeness (QED) is 0.559. The minimum Gasteiger partial charge on any atom is -0.309 e. The van der Waals surface area contributed by atoms with Crippen LogP contribution in [0.25, 0.3) is 10.8 Å². The van der Waals surface area contributed by atoms with E-state index < -0.39 is 30.7 Å². The molecule has 1 aliphatic heterocycles. The van der Waals surface area contributed by atoms with Crippen molar-refractivity contribution in [3.63, 3.8) is 0 Å². The van der Waals surface area contributed by atoms with Crippen molar-refractivity contribution in [3.8, 4) is 0 Å². The smallest absolute Gasteiger partial charge is 0.309 e. The first-order valence-corrected chi connectivity index (χ1v) is 9.15. The first-order valence-electron chi connectivity index (χ1n) is 8.77. The third-order valence-corrected chi connectivity index (χ3v) is 4.93. The van der Waals surface area contributed by atoms with Gasteiger partial charge in [-0.1, -0.05) is 23.7 Å². The number of amides is 2.